The molecule has 1 unspecified atom stereocenters. The van der Waals surface area contributed by atoms with Crippen LogP contribution >= 0.6 is 11.6 Å². The number of pyridine rings is 1. The van der Waals surface area contributed by atoms with E-state index in [4.69, 9.17) is 25.8 Å². The largest absolute Gasteiger partial charge is 0.480 e. The van der Waals surface area contributed by atoms with Gasteiger partial charge in [0.2, 0.25) is 5.88 Å². The van der Waals surface area contributed by atoms with Crippen LogP contribution in [0.25, 0.3) is 33.1 Å². The number of alkyl halides is 1. The predicted octanol–water partition coefficient (Wildman–Crippen LogP) is 6.27. The zero-order valence-electron chi connectivity index (χ0n) is 25.7. The molecule has 3 aliphatic heterocycles. The molecule has 1 aliphatic carbocycles. The Hall–Kier alpha value is -3.68. The molecule has 1 atom stereocenters. The highest BCUT2D eigenvalue weighted by Crippen LogP contribution is 2.56. The van der Waals surface area contributed by atoms with Crippen molar-refractivity contribution in [3.8, 4) is 23.1 Å². The van der Waals surface area contributed by atoms with Crippen molar-refractivity contribution in [2.75, 3.05) is 58.5 Å². The number of benzene rings is 1. The number of anilines is 1. The molecular weight excluding hydrogens is 623 g/mol. The number of nitrogens with zero attached hydrogens (tertiary/aromatic N) is 6. The molecule has 244 valence electrons. The van der Waals surface area contributed by atoms with Crippen LogP contribution in [0, 0.1) is 5.82 Å². The second kappa shape index (κ2) is 12.5. The Morgan fingerprint density at radius 3 is 2.70 bits per heavy atom. The van der Waals surface area contributed by atoms with Crippen LogP contribution in [-0.4, -0.2) is 89.7 Å². The predicted molar refractivity (Wildman–Crippen MR) is 169 cm³/mol. The van der Waals surface area contributed by atoms with Gasteiger partial charge in [-0.15, -0.1) is 0 Å². The van der Waals surface area contributed by atoms with Gasteiger partial charge in [-0.2, -0.15) is 15.1 Å². The Labute approximate surface area is 268 Å². The Morgan fingerprint density at radius 1 is 1.11 bits per heavy atom. The fourth-order valence-electron chi connectivity index (χ4n) is 6.84. The maximum absolute atomic E-state index is 16.5. The van der Waals surface area contributed by atoms with Crippen LogP contribution < -0.4 is 14.4 Å². The van der Waals surface area contributed by atoms with Crippen LogP contribution in [0.2, 0.25) is 5.02 Å². The number of rotatable bonds is 5. The summed E-state index contributed by atoms with van der Waals surface area (Å²) in [6.07, 6.45) is 7.21. The molecule has 0 spiro atoms. The van der Waals surface area contributed by atoms with Gasteiger partial charge in [-0.1, -0.05) is 11.6 Å². The highest BCUT2D eigenvalue weighted by molar-refractivity contribution is 6.33. The first-order valence-electron chi connectivity index (χ1n) is 15.5. The van der Waals surface area contributed by atoms with Gasteiger partial charge in [0.1, 0.15) is 28.1 Å². The Bertz CT molecular complexity index is 1790. The van der Waals surface area contributed by atoms with E-state index in [0.717, 1.165) is 31.3 Å². The lowest BCUT2D eigenvalue weighted by Gasteiger charge is -2.24. The van der Waals surface area contributed by atoms with Gasteiger partial charge in [0.05, 0.1) is 38.9 Å². The summed E-state index contributed by atoms with van der Waals surface area (Å²) in [7, 11) is 2.85. The highest BCUT2D eigenvalue weighted by atomic mass is 35.5. The van der Waals surface area contributed by atoms with Crippen molar-refractivity contribution in [1.82, 2.24) is 30.0 Å². The topological polar surface area (TPSA) is 102 Å². The van der Waals surface area contributed by atoms with Crippen molar-refractivity contribution in [2.45, 2.75) is 50.2 Å². The molecule has 3 aromatic heterocycles. The number of H-pyrrole nitrogens is 1. The minimum atomic E-state index is -1.67. The molecule has 1 aromatic carbocycles. The first-order valence-corrected chi connectivity index (χ1v) is 15.9. The lowest BCUT2D eigenvalue weighted by molar-refractivity contribution is 0.152. The average Bonchev–Trinajstić information content (AvgIpc) is 3.31. The van der Waals surface area contributed by atoms with E-state index in [0.29, 0.717) is 54.5 Å². The molecule has 0 amide bonds. The van der Waals surface area contributed by atoms with Gasteiger partial charge in [0, 0.05) is 53.8 Å². The van der Waals surface area contributed by atoms with Crippen LogP contribution in [-0.2, 0) is 10.4 Å². The summed E-state index contributed by atoms with van der Waals surface area (Å²) in [5.74, 6) is -0.217. The molecule has 46 heavy (non-hydrogen) atoms. The number of hydrogen-bond donors (Lipinski definition) is 1. The van der Waals surface area contributed by atoms with Crippen LogP contribution in [0.4, 0.5) is 19.0 Å². The highest BCUT2D eigenvalue weighted by Gasteiger charge is 2.49. The molecule has 4 aromatic rings. The van der Waals surface area contributed by atoms with Crippen molar-refractivity contribution in [3.05, 3.63) is 40.6 Å². The van der Waals surface area contributed by atoms with Gasteiger partial charge in [0.15, 0.2) is 5.82 Å². The maximum Gasteiger partial charge on any atom is 0.318 e. The zero-order chi connectivity index (χ0) is 32.0. The lowest BCUT2D eigenvalue weighted by atomic mass is 9.94. The van der Waals surface area contributed by atoms with Crippen LogP contribution in [0.1, 0.15) is 44.1 Å². The zero-order valence-corrected chi connectivity index (χ0v) is 26.5. The number of hydrogen-bond acceptors (Lipinski definition) is 9. The first-order chi connectivity index (χ1) is 22.3. The molecule has 14 heteroatoms. The quantitative estimate of drug-likeness (QED) is 0.266. The van der Waals surface area contributed by atoms with Gasteiger partial charge in [-0.25, -0.2) is 18.2 Å². The third-order valence-corrected chi connectivity index (χ3v) is 9.54. The number of aromatic amines is 1. The summed E-state index contributed by atoms with van der Waals surface area (Å²) >= 11 is 6.54. The standard InChI is InChI=1S/C24H23ClF2N6O3.C8H12FN/c1-34-22-16-20(30-23(35-2)31-21(16)33-6-3-8-36-9-7-33)18(26)19(29-22)15-12-11-28-32-14(12)10-13(25)17(15)24(27)4-5-24;9-5-7-4-8-2-1-3-10(8)6-7/h10-11H,3-9H2,1-2H3,(H,28,32);5,8H,1-4,6H2/b;7-5-. The monoisotopic (exact) mass is 657 g/mol. The van der Waals surface area contributed by atoms with Crippen molar-refractivity contribution in [1.29, 1.82) is 0 Å². The minimum Gasteiger partial charge on any atom is -0.480 e. The summed E-state index contributed by atoms with van der Waals surface area (Å²) in [4.78, 5) is 17.8. The number of halogens is 4. The Morgan fingerprint density at radius 2 is 1.96 bits per heavy atom. The van der Waals surface area contributed by atoms with E-state index >= 15 is 8.78 Å². The molecule has 4 fully saturated rings. The summed E-state index contributed by atoms with van der Waals surface area (Å²) in [6, 6.07) is 2.27. The second-order valence-corrected chi connectivity index (χ2v) is 12.5. The van der Waals surface area contributed by atoms with E-state index < -0.39 is 11.5 Å². The van der Waals surface area contributed by atoms with Crippen molar-refractivity contribution >= 4 is 39.2 Å². The molecule has 4 aliphatic rings. The molecule has 10 nitrogen and oxygen atoms in total. The first kappa shape index (κ1) is 30.9. The fraction of sp³-hybridized carbons (Fsp3) is 0.500. The van der Waals surface area contributed by atoms with Gasteiger partial charge in [0.25, 0.3) is 0 Å². The van der Waals surface area contributed by atoms with E-state index in [1.807, 2.05) is 4.90 Å². The van der Waals surface area contributed by atoms with E-state index in [2.05, 4.69) is 30.0 Å². The molecule has 6 heterocycles. The number of aromatic nitrogens is 5. The molecule has 0 bridgehead atoms. The fourth-order valence-corrected chi connectivity index (χ4v) is 7.21. The van der Waals surface area contributed by atoms with Gasteiger partial charge in [-0.3, -0.25) is 10.00 Å². The smallest absolute Gasteiger partial charge is 0.318 e. The van der Waals surface area contributed by atoms with E-state index in [1.54, 1.807) is 6.07 Å². The molecule has 0 radical (unpaired) electrons. The summed E-state index contributed by atoms with van der Waals surface area (Å²) < 4.78 is 60.6. The van der Waals surface area contributed by atoms with E-state index in [-0.39, 0.29) is 52.1 Å². The van der Waals surface area contributed by atoms with Crippen molar-refractivity contribution < 1.29 is 27.4 Å². The van der Waals surface area contributed by atoms with Gasteiger partial charge < -0.3 is 19.1 Å². The van der Waals surface area contributed by atoms with E-state index in [9.17, 15) is 4.39 Å². The minimum absolute atomic E-state index is 0.00954. The molecule has 1 saturated carbocycles. The number of methoxy groups -OCH3 is 2. The lowest BCUT2D eigenvalue weighted by Crippen LogP contribution is -2.27. The molecule has 1 N–H and O–H groups in total. The summed E-state index contributed by atoms with van der Waals surface area (Å²) in [5.41, 5.74) is 0.101. The number of fused-ring (bicyclic) bond motifs is 3. The average molecular weight is 658 g/mol. The third-order valence-electron chi connectivity index (χ3n) is 9.24. The SMILES string of the molecule is COc1nc(N2CCCOCC2)c2c(OC)nc(-c3c(C4(F)CC4)c(Cl)cc4[nH]ncc34)c(F)c2n1.F/C=C1/CC2CCCN2C1. The van der Waals surface area contributed by atoms with Gasteiger partial charge >= 0.3 is 6.01 Å². The third kappa shape index (κ3) is 5.51. The molecule has 3 saturated heterocycles. The Balaban J connectivity index is 0.000000286. The number of nitrogens with one attached hydrogen (secondary N) is 1. The maximum atomic E-state index is 16.5. The summed E-state index contributed by atoms with van der Waals surface area (Å²) in [5, 5.41) is 7.87. The second-order valence-electron chi connectivity index (χ2n) is 12.1. The van der Waals surface area contributed by atoms with Crippen LogP contribution in [0.5, 0.6) is 11.9 Å². The molecule has 8 rings (SSSR count). The van der Waals surface area contributed by atoms with Crippen LogP contribution in [0.3, 0.4) is 0 Å². The molecular formula is C32H35ClF3N7O3. The van der Waals surface area contributed by atoms with Crippen molar-refractivity contribution in [3.63, 3.8) is 0 Å². The van der Waals surface area contributed by atoms with Crippen molar-refractivity contribution in [2.24, 2.45) is 0 Å². The summed E-state index contributed by atoms with van der Waals surface area (Å²) in [6.45, 7) is 4.37. The number of ether oxygens (including phenoxy) is 3. The van der Waals surface area contributed by atoms with Gasteiger partial charge in [-0.05, 0) is 56.7 Å². The van der Waals surface area contributed by atoms with E-state index in [1.165, 1.54) is 39.8 Å². The Kier molecular flexibility index (Phi) is 8.41. The van der Waals surface area contributed by atoms with Crippen LogP contribution in [0.15, 0.2) is 24.2 Å². The normalized spacial score (nSPS) is 21.7.